The molecule has 5 heteroatoms. The lowest BCUT2D eigenvalue weighted by Gasteiger charge is -2.29. The van der Waals surface area contributed by atoms with Gasteiger partial charge < -0.3 is 5.32 Å². The van der Waals surface area contributed by atoms with Gasteiger partial charge in [0, 0.05) is 31.9 Å². The summed E-state index contributed by atoms with van der Waals surface area (Å²) in [5, 5.41) is 3.44. The monoisotopic (exact) mass is 280 g/mol. The second-order valence-corrected chi connectivity index (χ2v) is 7.71. The zero-order valence-corrected chi connectivity index (χ0v) is 11.9. The van der Waals surface area contributed by atoms with E-state index in [2.05, 4.69) is 28.4 Å². The van der Waals surface area contributed by atoms with Crippen LogP contribution >= 0.6 is 0 Å². The highest BCUT2D eigenvalue weighted by atomic mass is 32.2. The maximum Gasteiger partial charge on any atom is 0.152 e. The van der Waals surface area contributed by atoms with E-state index >= 15 is 0 Å². The minimum atomic E-state index is -2.78. The molecule has 0 atom stereocenters. The van der Waals surface area contributed by atoms with E-state index in [1.54, 1.807) is 0 Å². The van der Waals surface area contributed by atoms with Gasteiger partial charge in [0.2, 0.25) is 0 Å². The van der Waals surface area contributed by atoms with E-state index in [0.717, 1.165) is 19.5 Å². The van der Waals surface area contributed by atoms with Gasteiger partial charge in [-0.25, -0.2) is 8.42 Å². The van der Waals surface area contributed by atoms with Crippen molar-refractivity contribution in [3.8, 4) is 0 Å². The summed E-state index contributed by atoms with van der Waals surface area (Å²) in [6, 6.07) is 6.40. The third-order valence-electron chi connectivity index (χ3n) is 4.02. The molecule has 1 aromatic carbocycles. The minimum absolute atomic E-state index is 0.306. The molecule has 0 radical (unpaired) electrons. The number of fused-ring (bicyclic) bond motifs is 1. The van der Waals surface area contributed by atoms with Crippen LogP contribution in [0.3, 0.4) is 0 Å². The van der Waals surface area contributed by atoms with Crippen molar-refractivity contribution in [3.63, 3.8) is 0 Å². The number of anilines is 1. The molecule has 2 heterocycles. The molecule has 0 aliphatic carbocycles. The number of nitrogens with one attached hydrogen (secondary N) is 1. The molecule has 1 fully saturated rings. The van der Waals surface area contributed by atoms with E-state index in [1.807, 2.05) is 0 Å². The summed E-state index contributed by atoms with van der Waals surface area (Å²) in [6.07, 6.45) is 2.31. The van der Waals surface area contributed by atoms with Crippen LogP contribution in [0.1, 0.15) is 17.5 Å². The van der Waals surface area contributed by atoms with Crippen molar-refractivity contribution < 1.29 is 8.42 Å². The van der Waals surface area contributed by atoms with Crippen LogP contribution in [0.25, 0.3) is 0 Å². The molecule has 4 nitrogen and oxygen atoms in total. The van der Waals surface area contributed by atoms with Gasteiger partial charge in [0.15, 0.2) is 9.84 Å². The number of benzene rings is 1. The van der Waals surface area contributed by atoms with Crippen LogP contribution in [0.4, 0.5) is 5.69 Å². The van der Waals surface area contributed by atoms with Gasteiger partial charge in [0.05, 0.1) is 11.5 Å². The van der Waals surface area contributed by atoms with Crippen molar-refractivity contribution in [2.24, 2.45) is 0 Å². The largest absolute Gasteiger partial charge is 0.385 e. The van der Waals surface area contributed by atoms with E-state index in [4.69, 9.17) is 0 Å². The van der Waals surface area contributed by atoms with Crippen molar-refractivity contribution in [2.75, 3.05) is 36.5 Å². The number of sulfone groups is 1. The van der Waals surface area contributed by atoms with Gasteiger partial charge in [-0.2, -0.15) is 0 Å². The Labute approximate surface area is 114 Å². The van der Waals surface area contributed by atoms with E-state index in [1.165, 1.54) is 23.2 Å². The first-order valence-electron chi connectivity index (χ1n) is 6.91. The van der Waals surface area contributed by atoms with Gasteiger partial charge in [-0.15, -0.1) is 0 Å². The molecular weight excluding hydrogens is 260 g/mol. The van der Waals surface area contributed by atoms with Gasteiger partial charge in [-0.3, -0.25) is 4.90 Å². The summed E-state index contributed by atoms with van der Waals surface area (Å²) >= 11 is 0. The Hall–Kier alpha value is -1.07. The second kappa shape index (κ2) is 5.13. The highest BCUT2D eigenvalue weighted by Gasteiger charge is 2.22. The molecule has 0 saturated carbocycles. The van der Waals surface area contributed by atoms with E-state index < -0.39 is 9.84 Å². The highest BCUT2D eigenvalue weighted by molar-refractivity contribution is 7.91. The van der Waals surface area contributed by atoms with Crippen molar-refractivity contribution in [1.82, 2.24) is 4.90 Å². The number of nitrogens with zero attached hydrogens (tertiary/aromatic N) is 1. The standard InChI is InChI=1S/C14H20N2O2S/c17-19(18)9-7-16(8-10-19)11-12-3-1-5-14-13(12)4-2-6-15-14/h1,3,5,15H,2,4,6-11H2. The predicted octanol–water partition coefficient (Wildman–Crippen LogP) is 1.28. The summed E-state index contributed by atoms with van der Waals surface area (Å²) in [5.41, 5.74) is 4.03. The second-order valence-electron chi connectivity index (χ2n) is 5.40. The Morgan fingerprint density at radius 2 is 2.00 bits per heavy atom. The fraction of sp³-hybridized carbons (Fsp3) is 0.571. The van der Waals surface area contributed by atoms with Crippen LogP contribution in [-0.4, -0.2) is 44.5 Å². The quantitative estimate of drug-likeness (QED) is 0.886. The third kappa shape index (κ3) is 2.92. The molecule has 0 spiro atoms. The molecule has 104 valence electrons. The van der Waals surface area contributed by atoms with E-state index in [9.17, 15) is 8.42 Å². The Bertz CT molecular complexity index is 555. The topological polar surface area (TPSA) is 49.4 Å². The minimum Gasteiger partial charge on any atom is -0.385 e. The fourth-order valence-corrected chi connectivity index (χ4v) is 4.16. The summed E-state index contributed by atoms with van der Waals surface area (Å²) in [6.45, 7) is 3.26. The summed E-state index contributed by atoms with van der Waals surface area (Å²) in [5.74, 6) is 0.612. The zero-order chi connectivity index (χ0) is 13.3. The van der Waals surface area contributed by atoms with Crippen molar-refractivity contribution >= 4 is 15.5 Å². The molecule has 2 aliphatic heterocycles. The van der Waals surface area contributed by atoms with Crippen molar-refractivity contribution in [1.29, 1.82) is 0 Å². The Morgan fingerprint density at radius 1 is 1.21 bits per heavy atom. The van der Waals surface area contributed by atoms with Crippen LogP contribution in [0.2, 0.25) is 0 Å². The zero-order valence-electron chi connectivity index (χ0n) is 11.1. The molecule has 0 unspecified atom stereocenters. The van der Waals surface area contributed by atoms with Crippen LogP contribution in [0.5, 0.6) is 0 Å². The summed E-state index contributed by atoms with van der Waals surface area (Å²) in [7, 11) is -2.78. The number of hydrogen-bond donors (Lipinski definition) is 1. The maximum absolute atomic E-state index is 11.4. The Kier molecular flexibility index (Phi) is 3.50. The highest BCUT2D eigenvalue weighted by Crippen LogP contribution is 2.26. The average Bonchev–Trinajstić information content (AvgIpc) is 2.42. The molecule has 2 aliphatic rings. The smallest absolute Gasteiger partial charge is 0.152 e. The lowest BCUT2D eigenvalue weighted by Crippen LogP contribution is -2.39. The molecule has 1 saturated heterocycles. The number of hydrogen-bond acceptors (Lipinski definition) is 4. The third-order valence-corrected chi connectivity index (χ3v) is 5.63. The first-order chi connectivity index (χ1) is 9.14. The summed E-state index contributed by atoms with van der Waals surface area (Å²) < 4.78 is 22.9. The van der Waals surface area contributed by atoms with Gasteiger partial charge in [0.1, 0.15) is 0 Å². The van der Waals surface area contributed by atoms with E-state index in [0.29, 0.717) is 24.6 Å². The molecular formula is C14H20N2O2S. The molecule has 1 aromatic rings. The van der Waals surface area contributed by atoms with Gasteiger partial charge in [-0.1, -0.05) is 12.1 Å². The average molecular weight is 280 g/mol. The van der Waals surface area contributed by atoms with E-state index in [-0.39, 0.29) is 0 Å². The van der Waals surface area contributed by atoms with Crippen LogP contribution in [0.15, 0.2) is 18.2 Å². The molecule has 0 aromatic heterocycles. The SMILES string of the molecule is O=S1(=O)CCN(Cc2cccc3c2CCCN3)CC1. The Balaban J connectivity index is 1.74. The van der Waals surface area contributed by atoms with Gasteiger partial charge >= 0.3 is 0 Å². The van der Waals surface area contributed by atoms with Crippen LogP contribution in [0, 0.1) is 0 Å². The number of rotatable bonds is 2. The normalized spacial score (nSPS) is 22.5. The van der Waals surface area contributed by atoms with Crippen molar-refractivity contribution in [2.45, 2.75) is 19.4 Å². The van der Waals surface area contributed by atoms with Crippen LogP contribution < -0.4 is 5.32 Å². The first-order valence-corrected chi connectivity index (χ1v) is 8.74. The predicted molar refractivity (Wildman–Crippen MR) is 77.2 cm³/mol. The maximum atomic E-state index is 11.4. The Morgan fingerprint density at radius 3 is 2.79 bits per heavy atom. The lowest BCUT2D eigenvalue weighted by atomic mass is 9.97. The van der Waals surface area contributed by atoms with Gasteiger partial charge in [-0.05, 0) is 30.0 Å². The molecule has 3 rings (SSSR count). The first kappa shape index (κ1) is 12.9. The van der Waals surface area contributed by atoms with Crippen molar-refractivity contribution in [3.05, 3.63) is 29.3 Å². The fourth-order valence-electron chi connectivity index (χ4n) is 2.88. The summed E-state index contributed by atoms with van der Waals surface area (Å²) in [4.78, 5) is 2.26. The van der Waals surface area contributed by atoms with Crippen LogP contribution in [-0.2, 0) is 22.8 Å². The molecule has 0 bridgehead atoms. The molecule has 0 amide bonds. The molecule has 19 heavy (non-hydrogen) atoms. The molecule has 1 N–H and O–H groups in total. The lowest BCUT2D eigenvalue weighted by molar-refractivity contribution is 0.287. The van der Waals surface area contributed by atoms with Gasteiger partial charge in [0.25, 0.3) is 0 Å².